The van der Waals surface area contributed by atoms with Gasteiger partial charge in [0.05, 0.1) is 14.8 Å². The van der Waals surface area contributed by atoms with E-state index >= 15 is 0 Å². The molecule has 2 rings (SSSR count). The molecule has 0 atom stereocenters. The number of thiophene rings is 1. The molecule has 7 heteroatoms. The van der Waals surface area contributed by atoms with Crippen molar-refractivity contribution in [2.24, 2.45) is 0 Å². The number of nitriles is 1. The van der Waals surface area contributed by atoms with Crippen LogP contribution >= 0.6 is 27.3 Å². The normalized spacial score (nSPS) is 18.4. The van der Waals surface area contributed by atoms with Gasteiger partial charge in [-0.15, -0.1) is 11.3 Å². The van der Waals surface area contributed by atoms with Gasteiger partial charge in [0.15, 0.2) is 0 Å². The van der Waals surface area contributed by atoms with Crippen LogP contribution in [0.15, 0.2) is 14.7 Å². The van der Waals surface area contributed by atoms with Crippen LogP contribution in [-0.4, -0.2) is 14.0 Å². The highest BCUT2D eigenvalue weighted by molar-refractivity contribution is 9.11. The van der Waals surface area contributed by atoms with Crippen LogP contribution in [0.4, 0.5) is 0 Å². The first-order chi connectivity index (χ1) is 7.88. The average Bonchev–Trinajstić information content (AvgIpc) is 2.52. The zero-order chi connectivity index (χ0) is 12.7. The molecule has 1 saturated carbocycles. The lowest BCUT2D eigenvalue weighted by atomic mass is 9.79. The minimum Gasteiger partial charge on any atom is -0.207 e. The summed E-state index contributed by atoms with van der Waals surface area (Å²) in [5, 5.41) is 9.04. The Labute approximate surface area is 113 Å². The number of nitrogens with zero attached hydrogens (tertiary/aromatic N) is 1. The van der Waals surface area contributed by atoms with Crippen molar-refractivity contribution in [1.82, 2.24) is 4.72 Å². The maximum atomic E-state index is 12.2. The van der Waals surface area contributed by atoms with Crippen LogP contribution < -0.4 is 4.72 Å². The predicted molar refractivity (Wildman–Crippen MR) is 69.3 cm³/mol. The smallest absolute Gasteiger partial charge is 0.207 e. The Hall–Kier alpha value is -0.420. The van der Waals surface area contributed by atoms with Crippen LogP contribution in [0.3, 0.4) is 0 Å². The molecule has 17 heavy (non-hydrogen) atoms. The van der Waals surface area contributed by atoms with Crippen LogP contribution in [-0.2, 0) is 10.0 Å². The first-order valence-corrected chi connectivity index (χ1v) is 8.19. The van der Waals surface area contributed by atoms with E-state index in [0.29, 0.717) is 12.8 Å². The Morgan fingerprint density at radius 1 is 1.59 bits per heavy atom. The summed E-state index contributed by atoms with van der Waals surface area (Å²) >= 11 is 4.63. The van der Waals surface area contributed by atoms with Gasteiger partial charge in [-0.05, 0) is 48.2 Å². The van der Waals surface area contributed by atoms with Gasteiger partial charge in [-0.2, -0.15) is 9.98 Å². The predicted octanol–water partition coefficient (Wildman–Crippen LogP) is 2.54. The lowest BCUT2D eigenvalue weighted by molar-refractivity contribution is 0.296. The van der Waals surface area contributed by atoms with Crippen LogP contribution in [0, 0.1) is 18.3 Å². The Morgan fingerprint density at radius 2 is 2.24 bits per heavy atom. The summed E-state index contributed by atoms with van der Waals surface area (Å²) in [6, 6.07) is 3.64. The molecule has 4 nitrogen and oxygen atoms in total. The van der Waals surface area contributed by atoms with E-state index in [2.05, 4.69) is 26.7 Å². The maximum Gasteiger partial charge on any atom is 0.243 e. The van der Waals surface area contributed by atoms with E-state index in [1.807, 2.05) is 0 Å². The lowest BCUT2D eigenvalue weighted by Crippen LogP contribution is -2.52. The maximum absolute atomic E-state index is 12.2. The molecule has 0 saturated heterocycles. The Morgan fingerprint density at radius 3 is 2.59 bits per heavy atom. The number of sulfonamides is 1. The molecule has 0 aromatic carbocycles. The van der Waals surface area contributed by atoms with E-state index in [0.717, 1.165) is 15.1 Å². The number of hydrogen-bond donors (Lipinski definition) is 1. The van der Waals surface area contributed by atoms with E-state index in [1.165, 1.54) is 11.3 Å². The molecule has 0 bridgehead atoms. The second-order valence-electron chi connectivity index (χ2n) is 4.12. The molecule has 0 spiro atoms. The summed E-state index contributed by atoms with van der Waals surface area (Å²) < 4.78 is 27.6. The van der Waals surface area contributed by atoms with Crippen LogP contribution in [0.1, 0.15) is 24.1 Å². The second-order valence-corrected chi connectivity index (χ2v) is 8.41. The number of hydrogen-bond acceptors (Lipinski definition) is 4. The fourth-order valence-corrected chi connectivity index (χ4v) is 5.57. The van der Waals surface area contributed by atoms with Crippen molar-refractivity contribution in [3.8, 4) is 6.07 Å². The van der Waals surface area contributed by atoms with Crippen LogP contribution in [0.5, 0.6) is 0 Å². The summed E-state index contributed by atoms with van der Waals surface area (Å²) in [6.07, 6.45) is 2.07. The van der Waals surface area contributed by atoms with Gasteiger partial charge < -0.3 is 0 Å². The molecule has 1 aromatic heterocycles. The van der Waals surface area contributed by atoms with Crippen molar-refractivity contribution in [3.63, 3.8) is 0 Å². The molecule has 0 aliphatic heterocycles. The molecule has 0 radical (unpaired) electrons. The highest BCUT2D eigenvalue weighted by Crippen LogP contribution is 2.35. The first kappa shape index (κ1) is 13.0. The summed E-state index contributed by atoms with van der Waals surface area (Å²) in [4.78, 5) is 0.979. The Kier molecular flexibility index (Phi) is 3.34. The van der Waals surface area contributed by atoms with E-state index < -0.39 is 15.6 Å². The highest BCUT2D eigenvalue weighted by atomic mass is 79.9. The van der Waals surface area contributed by atoms with Crippen LogP contribution in [0.25, 0.3) is 0 Å². The van der Waals surface area contributed by atoms with Gasteiger partial charge in [-0.1, -0.05) is 0 Å². The summed E-state index contributed by atoms with van der Waals surface area (Å²) in [5.41, 5.74) is -0.889. The van der Waals surface area contributed by atoms with Gasteiger partial charge in [0, 0.05) is 4.88 Å². The molecule has 1 heterocycles. The quantitative estimate of drug-likeness (QED) is 0.923. The van der Waals surface area contributed by atoms with Crippen molar-refractivity contribution in [3.05, 3.63) is 14.7 Å². The largest absolute Gasteiger partial charge is 0.243 e. The summed E-state index contributed by atoms with van der Waals surface area (Å²) in [5.74, 6) is 0. The summed E-state index contributed by atoms with van der Waals surface area (Å²) in [6.45, 7) is 1.75. The number of aryl methyl sites for hydroxylation is 1. The molecule has 1 N–H and O–H groups in total. The highest BCUT2D eigenvalue weighted by Gasteiger charge is 2.41. The van der Waals surface area contributed by atoms with Crippen molar-refractivity contribution in [1.29, 1.82) is 5.26 Å². The standard InChI is InChI=1S/C10H11BrN2O2S2/c1-7-8(5-9(11)16-7)17(14,15)13-10(6-12)3-2-4-10/h5,13H,2-4H2,1H3. The SMILES string of the molecule is Cc1sc(Br)cc1S(=O)(=O)NC1(C#N)CCC1. The molecule has 0 amide bonds. The molecular formula is C10H11BrN2O2S2. The van der Waals surface area contributed by atoms with E-state index in [1.54, 1.807) is 13.0 Å². The molecule has 1 aliphatic rings. The second kappa shape index (κ2) is 4.35. The molecule has 1 aromatic rings. The van der Waals surface area contributed by atoms with Gasteiger partial charge >= 0.3 is 0 Å². The van der Waals surface area contributed by atoms with Gasteiger partial charge in [0.25, 0.3) is 0 Å². The Bertz CT molecular complexity index is 582. The zero-order valence-electron chi connectivity index (χ0n) is 9.16. The molecule has 92 valence electrons. The lowest BCUT2D eigenvalue weighted by Gasteiger charge is -2.35. The van der Waals surface area contributed by atoms with Gasteiger partial charge in [-0.25, -0.2) is 8.42 Å². The van der Waals surface area contributed by atoms with Crippen molar-refractivity contribution in [2.45, 2.75) is 36.6 Å². The van der Waals surface area contributed by atoms with Crippen molar-refractivity contribution in [2.75, 3.05) is 0 Å². The van der Waals surface area contributed by atoms with E-state index in [4.69, 9.17) is 5.26 Å². The molecule has 1 aliphatic carbocycles. The molecule has 0 unspecified atom stereocenters. The number of nitrogens with one attached hydrogen (secondary N) is 1. The van der Waals surface area contributed by atoms with Crippen molar-refractivity contribution < 1.29 is 8.42 Å². The average molecular weight is 335 g/mol. The number of rotatable bonds is 3. The van der Waals surface area contributed by atoms with E-state index in [9.17, 15) is 8.42 Å². The van der Waals surface area contributed by atoms with Gasteiger partial charge in [0.1, 0.15) is 5.54 Å². The monoisotopic (exact) mass is 334 g/mol. The van der Waals surface area contributed by atoms with Crippen molar-refractivity contribution >= 4 is 37.3 Å². The van der Waals surface area contributed by atoms with Crippen LogP contribution in [0.2, 0.25) is 0 Å². The fourth-order valence-electron chi connectivity index (χ4n) is 1.78. The van der Waals surface area contributed by atoms with Gasteiger partial charge in [0.2, 0.25) is 10.0 Å². The third kappa shape index (κ3) is 2.40. The minimum atomic E-state index is -3.59. The van der Waals surface area contributed by atoms with E-state index in [-0.39, 0.29) is 4.90 Å². The first-order valence-electron chi connectivity index (χ1n) is 5.10. The minimum absolute atomic E-state index is 0.260. The van der Waals surface area contributed by atoms with Gasteiger partial charge in [-0.3, -0.25) is 0 Å². The third-order valence-electron chi connectivity index (χ3n) is 2.88. The Balaban J connectivity index is 2.32. The third-order valence-corrected chi connectivity index (χ3v) is 6.23. The topological polar surface area (TPSA) is 70.0 Å². The molecule has 1 fully saturated rings. The number of halogens is 1. The molecular weight excluding hydrogens is 324 g/mol. The zero-order valence-corrected chi connectivity index (χ0v) is 12.4. The summed E-state index contributed by atoms with van der Waals surface area (Å²) in [7, 11) is -3.59. The fraction of sp³-hybridized carbons (Fsp3) is 0.500.